The summed E-state index contributed by atoms with van der Waals surface area (Å²) in [6, 6.07) is 7.65. The lowest BCUT2D eigenvalue weighted by Crippen LogP contribution is -2.42. The van der Waals surface area contributed by atoms with E-state index in [1.165, 1.54) is 0 Å². The third kappa shape index (κ3) is 9.04. The van der Waals surface area contributed by atoms with Crippen LogP contribution in [-0.4, -0.2) is 58.2 Å². The molecule has 0 spiro atoms. The highest BCUT2D eigenvalue weighted by Gasteiger charge is 2.26. The Morgan fingerprint density at radius 3 is 2.41 bits per heavy atom. The maximum atomic E-state index is 11.5. The number of guanidine groups is 1. The van der Waals surface area contributed by atoms with Crippen molar-refractivity contribution in [3.8, 4) is 0 Å². The fourth-order valence-corrected chi connectivity index (χ4v) is 2.01. The quantitative estimate of drug-likeness (QED) is 0.170. The zero-order valence-corrected chi connectivity index (χ0v) is 16.6. The van der Waals surface area contributed by atoms with Crippen LogP contribution in [-0.2, 0) is 35.5 Å². The van der Waals surface area contributed by atoms with E-state index in [1.807, 2.05) is 6.07 Å². The van der Waals surface area contributed by atoms with Crippen molar-refractivity contribution in [1.82, 2.24) is 10.1 Å². The summed E-state index contributed by atoms with van der Waals surface area (Å²) in [7, 11) is 0. The van der Waals surface area contributed by atoms with Gasteiger partial charge in [0.25, 0.3) is 5.96 Å². The average molecular weight is 410 g/mol. The summed E-state index contributed by atoms with van der Waals surface area (Å²) in [5, 5.41) is 14.3. The highest BCUT2D eigenvalue weighted by molar-refractivity contribution is 5.85. The molecule has 0 heterocycles. The van der Waals surface area contributed by atoms with Gasteiger partial charge >= 0.3 is 5.97 Å². The van der Waals surface area contributed by atoms with E-state index >= 15 is 0 Å². The summed E-state index contributed by atoms with van der Waals surface area (Å²) >= 11 is 0. The molecule has 0 aliphatic rings. The third-order valence-corrected chi connectivity index (χ3v) is 3.25. The monoisotopic (exact) mass is 410 g/mol. The molecule has 0 radical (unpaired) electrons. The molecular weight excluding hydrogens is 384 g/mol. The number of benzene rings is 1. The van der Waals surface area contributed by atoms with Crippen molar-refractivity contribution in [3.05, 3.63) is 35.9 Å². The van der Waals surface area contributed by atoms with Crippen LogP contribution < -0.4 is 5.73 Å². The summed E-state index contributed by atoms with van der Waals surface area (Å²) in [4.78, 5) is 49.2. The first-order chi connectivity index (χ1) is 13.7. The van der Waals surface area contributed by atoms with Gasteiger partial charge in [-0.15, -0.1) is 0 Å². The van der Waals surface area contributed by atoms with E-state index < -0.39 is 17.6 Å². The Labute approximate surface area is 168 Å². The molecule has 1 aromatic carbocycles. The number of hydroxylamine groups is 4. The number of nitrogens with two attached hydrogens (primary N) is 1. The standard InChI is InChI=1S/C18H26N4O7/c1-18(2,3)29-22(13-24)17(19)20-27-10-9-15(16(25)26)21(12-23)28-11-14-7-5-4-6-8-14/h4-8,12-13,15H,9-11H2,1-3H3,(H2,19,20)(H,25,26)/t15-/m0/s1. The van der Waals surface area contributed by atoms with Crippen molar-refractivity contribution < 1.29 is 34.0 Å². The minimum atomic E-state index is -1.30. The van der Waals surface area contributed by atoms with E-state index in [9.17, 15) is 19.5 Å². The first kappa shape index (κ1) is 23.9. The molecule has 0 saturated carbocycles. The fourth-order valence-electron chi connectivity index (χ4n) is 2.01. The van der Waals surface area contributed by atoms with Crippen molar-refractivity contribution in [2.24, 2.45) is 10.9 Å². The fraction of sp³-hybridized carbons (Fsp3) is 0.444. The lowest BCUT2D eigenvalue weighted by Gasteiger charge is -2.25. The van der Waals surface area contributed by atoms with Gasteiger partial charge in [0, 0.05) is 6.42 Å². The van der Waals surface area contributed by atoms with Crippen LogP contribution in [0.3, 0.4) is 0 Å². The lowest BCUT2D eigenvalue weighted by molar-refractivity contribution is -0.202. The molecule has 0 unspecified atom stereocenters. The molecular formula is C18H26N4O7. The summed E-state index contributed by atoms with van der Waals surface area (Å²) < 4.78 is 0. The number of rotatable bonds is 12. The molecule has 0 bridgehead atoms. The molecule has 2 amide bonds. The largest absolute Gasteiger partial charge is 0.480 e. The minimum absolute atomic E-state index is 0.0216. The van der Waals surface area contributed by atoms with Gasteiger partial charge < -0.3 is 15.7 Å². The zero-order valence-electron chi connectivity index (χ0n) is 16.6. The molecule has 0 aromatic heterocycles. The number of carboxylic acid groups (broad SMARTS) is 1. The number of hydrogen-bond donors (Lipinski definition) is 2. The first-order valence-corrected chi connectivity index (χ1v) is 8.70. The van der Waals surface area contributed by atoms with Crippen molar-refractivity contribution in [3.63, 3.8) is 0 Å². The minimum Gasteiger partial charge on any atom is -0.480 e. The molecule has 1 aromatic rings. The van der Waals surface area contributed by atoms with Crippen LogP contribution >= 0.6 is 0 Å². The van der Waals surface area contributed by atoms with Gasteiger partial charge in [-0.05, 0) is 31.5 Å². The van der Waals surface area contributed by atoms with Crippen LogP contribution in [0.25, 0.3) is 0 Å². The number of amides is 2. The number of aliphatic carboxylic acids is 1. The molecule has 0 fully saturated rings. The molecule has 1 atom stereocenters. The Morgan fingerprint density at radius 1 is 1.24 bits per heavy atom. The van der Waals surface area contributed by atoms with Crippen molar-refractivity contribution in [2.45, 2.75) is 45.4 Å². The number of carbonyl (C=O) groups excluding carboxylic acids is 2. The highest BCUT2D eigenvalue weighted by atomic mass is 16.7. The normalized spacial score (nSPS) is 12.7. The average Bonchev–Trinajstić information content (AvgIpc) is 2.67. The molecule has 3 N–H and O–H groups in total. The molecule has 11 nitrogen and oxygen atoms in total. The van der Waals surface area contributed by atoms with Crippen LogP contribution in [0.5, 0.6) is 0 Å². The summed E-state index contributed by atoms with van der Waals surface area (Å²) in [5.41, 5.74) is 5.67. The van der Waals surface area contributed by atoms with E-state index in [4.69, 9.17) is 20.2 Å². The second-order valence-electron chi connectivity index (χ2n) is 6.78. The van der Waals surface area contributed by atoms with E-state index in [1.54, 1.807) is 45.0 Å². The number of oxime groups is 1. The van der Waals surface area contributed by atoms with E-state index in [0.29, 0.717) is 16.5 Å². The van der Waals surface area contributed by atoms with E-state index in [0.717, 1.165) is 5.56 Å². The molecule has 0 aliphatic carbocycles. The van der Waals surface area contributed by atoms with Crippen molar-refractivity contribution in [2.75, 3.05) is 6.61 Å². The van der Waals surface area contributed by atoms with Crippen molar-refractivity contribution >= 4 is 24.7 Å². The number of carboxylic acids is 1. The number of carbonyl (C=O) groups is 3. The second kappa shape index (κ2) is 11.6. The molecule has 1 rings (SSSR count). The zero-order chi connectivity index (χ0) is 21.9. The topological polar surface area (TPSA) is 144 Å². The maximum Gasteiger partial charge on any atom is 0.329 e. The van der Waals surface area contributed by atoms with Gasteiger partial charge in [-0.3, -0.25) is 19.3 Å². The van der Waals surface area contributed by atoms with Gasteiger partial charge in [-0.2, -0.15) is 5.06 Å². The Balaban J connectivity index is 2.60. The van der Waals surface area contributed by atoms with Gasteiger partial charge in [-0.25, -0.2) is 9.86 Å². The molecule has 0 aliphatic heterocycles. The van der Waals surface area contributed by atoms with E-state index in [2.05, 4.69) is 5.16 Å². The molecule has 0 saturated heterocycles. The summed E-state index contributed by atoms with van der Waals surface area (Å²) in [6.45, 7) is 4.93. The Hall–Kier alpha value is -3.18. The second-order valence-corrected chi connectivity index (χ2v) is 6.78. The van der Waals surface area contributed by atoms with Crippen LogP contribution in [0.4, 0.5) is 0 Å². The van der Waals surface area contributed by atoms with Crippen LogP contribution in [0, 0.1) is 0 Å². The van der Waals surface area contributed by atoms with Gasteiger partial charge in [0.2, 0.25) is 12.8 Å². The smallest absolute Gasteiger partial charge is 0.329 e. The van der Waals surface area contributed by atoms with Crippen molar-refractivity contribution in [1.29, 1.82) is 0 Å². The predicted octanol–water partition coefficient (Wildman–Crippen LogP) is 0.855. The number of nitrogens with zero attached hydrogens (tertiary/aromatic N) is 3. The summed E-state index contributed by atoms with van der Waals surface area (Å²) in [6.07, 6.45) is 0.463. The molecule has 160 valence electrons. The van der Waals surface area contributed by atoms with Crippen LogP contribution in [0.15, 0.2) is 35.5 Å². The highest BCUT2D eigenvalue weighted by Crippen LogP contribution is 2.10. The first-order valence-electron chi connectivity index (χ1n) is 8.70. The summed E-state index contributed by atoms with van der Waals surface area (Å²) in [5.74, 6) is -1.65. The van der Waals surface area contributed by atoms with Gasteiger partial charge in [0.05, 0.1) is 5.60 Å². The van der Waals surface area contributed by atoms with Gasteiger partial charge in [-0.1, -0.05) is 30.3 Å². The maximum absolute atomic E-state index is 11.5. The van der Waals surface area contributed by atoms with Crippen LogP contribution in [0.2, 0.25) is 0 Å². The Bertz CT molecular complexity index is 691. The SMILES string of the molecule is CC(C)(C)ON(C=O)C(N)=NOCC[C@@H](C(=O)O)N(C=O)OCc1ccccc1. The Kier molecular flexibility index (Phi) is 9.56. The lowest BCUT2D eigenvalue weighted by atomic mass is 10.2. The third-order valence-electron chi connectivity index (χ3n) is 3.25. The molecule has 11 heteroatoms. The van der Waals surface area contributed by atoms with Gasteiger partial charge in [0.15, 0.2) is 6.04 Å². The predicted molar refractivity (Wildman–Crippen MR) is 101 cm³/mol. The van der Waals surface area contributed by atoms with E-state index in [-0.39, 0.29) is 32.0 Å². The number of hydrogen-bond acceptors (Lipinski definition) is 7. The Morgan fingerprint density at radius 2 is 1.90 bits per heavy atom. The molecule has 29 heavy (non-hydrogen) atoms. The van der Waals surface area contributed by atoms with Gasteiger partial charge in [0.1, 0.15) is 13.2 Å². The van der Waals surface area contributed by atoms with Crippen LogP contribution in [0.1, 0.15) is 32.8 Å².